The maximum Gasteiger partial charge on any atom is 0.193 e. The Morgan fingerprint density at radius 3 is 2.68 bits per heavy atom. The molecule has 0 atom stereocenters. The number of ether oxygens (including phenoxy) is 2. The molecule has 0 aromatic heterocycles. The number of benzene rings is 2. The standard InChI is InChI=1S/C24H35N3O2S.HI/c1-25-24(27-14-11-22(12-15-27)29-17-6-16-28-2)26-13-18-30-19-21-9-5-8-20-7-3-4-10-23(20)21;/h3-5,7-10,22H,6,11-19H2,1-2H3,(H,25,26);1H. The fourth-order valence-corrected chi connectivity index (χ4v) is 4.72. The van der Waals surface area contributed by atoms with Gasteiger partial charge in [-0.05, 0) is 35.6 Å². The highest BCUT2D eigenvalue weighted by atomic mass is 127. The summed E-state index contributed by atoms with van der Waals surface area (Å²) in [6, 6.07) is 15.2. The normalized spacial score (nSPS) is 15.2. The number of rotatable bonds is 10. The first-order chi connectivity index (χ1) is 14.8. The summed E-state index contributed by atoms with van der Waals surface area (Å²) in [4.78, 5) is 6.84. The summed E-state index contributed by atoms with van der Waals surface area (Å²) in [6.45, 7) is 4.48. The van der Waals surface area contributed by atoms with E-state index in [9.17, 15) is 0 Å². The first-order valence-electron chi connectivity index (χ1n) is 10.9. The minimum atomic E-state index is 0. The van der Waals surface area contributed by atoms with E-state index in [1.54, 1.807) is 7.11 Å². The third kappa shape index (κ3) is 8.44. The number of thioether (sulfide) groups is 1. The topological polar surface area (TPSA) is 46.1 Å². The molecule has 2 aromatic rings. The number of guanidine groups is 1. The molecule has 1 saturated heterocycles. The molecule has 0 spiro atoms. The van der Waals surface area contributed by atoms with E-state index in [1.807, 2.05) is 18.8 Å². The monoisotopic (exact) mass is 557 g/mol. The summed E-state index contributed by atoms with van der Waals surface area (Å²) >= 11 is 1.97. The van der Waals surface area contributed by atoms with Gasteiger partial charge in [0.2, 0.25) is 0 Å². The number of nitrogens with zero attached hydrogens (tertiary/aromatic N) is 2. The third-order valence-corrected chi connectivity index (χ3v) is 6.47. The zero-order chi connectivity index (χ0) is 21.0. The van der Waals surface area contributed by atoms with E-state index in [4.69, 9.17) is 9.47 Å². The number of fused-ring (bicyclic) bond motifs is 1. The summed E-state index contributed by atoms with van der Waals surface area (Å²) in [7, 11) is 3.61. The summed E-state index contributed by atoms with van der Waals surface area (Å²) in [6.07, 6.45) is 3.45. The van der Waals surface area contributed by atoms with Gasteiger partial charge in [-0.25, -0.2) is 0 Å². The molecule has 1 N–H and O–H groups in total. The van der Waals surface area contributed by atoms with Crippen molar-refractivity contribution >= 4 is 52.5 Å². The molecule has 0 radical (unpaired) electrons. The first kappa shape index (κ1) is 26.2. The number of piperidine rings is 1. The molecule has 0 saturated carbocycles. The van der Waals surface area contributed by atoms with Crippen molar-refractivity contribution in [3.05, 3.63) is 48.0 Å². The first-order valence-corrected chi connectivity index (χ1v) is 12.1. The van der Waals surface area contributed by atoms with Crippen LogP contribution in [-0.2, 0) is 15.2 Å². The number of hydrogen-bond donors (Lipinski definition) is 1. The Balaban J connectivity index is 0.00000341. The molecule has 5 nitrogen and oxygen atoms in total. The number of nitrogens with one attached hydrogen (secondary N) is 1. The molecule has 0 unspecified atom stereocenters. The highest BCUT2D eigenvalue weighted by Gasteiger charge is 2.21. The molecule has 7 heteroatoms. The van der Waals surface area contributed by atoms with E-state index in [1.165, 1.54) is 16.3 Å². The summed E-state index contributed by atoms with van der Waals surface area (Å²) in [5.74, 6) is 3.10. The van der Waals surface area contributed by atoms with Crippen LogP contribution in [0.1, 0.15) is 24.8 Å². The lowest BCUT2D eigenvalue weighted by Crippen LogP contribution is -2.47. The zero-order valence-corrected chi connectivity index (χ0v) is 21.9. The fraction of sp³-hybridized carbons (Fsp3) is 0.542. The highest BCUT2D eigenvalue weighted by Crippen LogP contribution is 2.22. The number of halogens is 1. The Morgan fingerprint density at radius 2 is 1.90 bits per heavy atom. The predicted octanol–water partition coefficient (Wildman–Crippen LogP) is 4.78. The van der Waals surface area contributed by atoms with Gasteiger partial charge in [0, 0.05) is 58.5 Å². The van der Waals surface area contributed by atoms with Crippen LogP contribution in [0.3, 0.4) is 0 Å². The number of methoxy groups -OCH3 is 1. The van der Waals surface area contributed by atoms with Crippen LogP contribution in [-0.4, -0.2) is 69.7 Å². The minimum absolute atomic E-state index is 0. The van der Waals surface area contributed by atoms with Crippen LogP contribution in [0.5, 0.6) is 0 Å². The molecule has 2 aromatic carbocycles. The van der Waals surface area contributed by atoms with Gasteiger partial charge in [-0.2, -0.15) is 11.8 Å². The molecule has 1 aliphatic heterocycles. The van der Waals surface area contributed by atoms with Crippen molar-refractivity contribution < 1.29 is 9.47 Å². The van der Waals surface area contributed by atoms with Gasteiger partial charge in [-0.15, -0.1) is 24.0 Å². The van der Waals surface area contributed by atoms with Crippen molar-refractivity contribution in [1.82, 2.24) is 10.2 Å². The van der Waals surface area contributed by atoms with E-state index >= 15 is 0 Å². The zero-order valence-electron chi connectivity index (χ0n) is 18.7. The number of likely N-dealkylation sites (tertiary alicyclic amines) is 1. The molecule has 31 heavy (non-hydrogen) atoms. The molecular formula is C24H36IN3O2S. The van der Waals surface area contributed by atoms with Crippen LogP contribution in [0.25, 0.3) is 10.8 Å². The molecular weight excluding hydrogens is 521 g/mol. The maximum absolute atomic E-state index is 5.96. The van der Waals surface area contributed by atoms with Crippen LogP contribution in [0.15, 0.2) is 47.5 Å². The lowest BCUT2D eigenvalue weighted by molar-refractivity contribution is 0.00993. The van der Waals surface area contributed by atoms with Crippen molar-refractivity contribution in [2.24, 2.45) is 4.99 Å². The van der Waals surface area contributed by atoms with Gasteiger partial charge in [0.05, 0.1) is 6.10 Å². The lowest BCUT2D eigenvalue weighted by atomic mass is 10.1. The van der Waals surface area contributed by atoms with E-state index in [0.717, 1.165) is 69.6 Å². The molecule has 0 amide bonds. The van der Waals surface area contributed by atoms with Crippen molar-refractivity contribution in [3.8, 4) is 0 Å². The Labute approximate surface area is 208 Å². The van der Waals surface area contributed by atoms with Crippen LogP contribution in [0.4, 0.5) is 0 Å². The fourth-order valence-electron chi connectivity index (χ4n) is 3.86. The second kappa shape index (κ2) is 14.9. The largest absolute Gasteiger partial charge is 0.385 e. The molecule has 1 aliphatic rings. The van der Waals surface area contributed by atoms with Gasteiger partial charge in [-0.3, -0.25) is 4.99 Å². The van der Waals surface area contributed by atoms with Gasteiger partial charge < -0.3 is 19.7 Å². The van der Waals surface area contributed by atoms with Gasteiger partial charge in [-0.1, -0.05) is 42.5 Å². The van der Waals surface area contributed by atoms with Crippen LogP contribution >= 0.6 is 35.7 Å². The quantitative estimate of drug-likeness (QED) is 0.197. The molecule has 0 aliphatic carbocycles. The van der Waals surface area contributed by atoms with Gasteiger partial charge in [0.15, 0.2) is 5.96 Å². The summed E-state index contributed by atoms with van der Waals surface area (Å²) in [5.41, 5.74) is 1.41. The van der Waals surface area contributed by atoms with Crippen LogP contribution in [0, 0.1) is 0 Å². The van der Waals surface area contributed by atoms with E-state index in [2.05, 4.69) is 57.7 Å². The smallest absolute Gasteiger partial charge is 0.193 e. The summed E-state index contributed by atoms with van der Waals surface area (Å²) in [5, 5.41) is 6.22. The van der Waals surface area contributed by atoms with E-state index in [-0.39, 0.29) is 24.0 Å². The van der Waals surface area contributed by atoms with Gasteiger partial charge in [0.25, 0.3) is 0 Å². The van der Waals surface area contributed by atoms with Crippen molar-refractivity contribution in [2.45, 2.75) is 31.1 Å². The second-order valence-electron chi connectivity index (χ2n) is 7.57. The third-order valence-electron chi connectivity index (χ3n) is 5.47. The number of aliphatic imine (C=N–C) groups is 1. The molecule has 3 rings (SSSR count). The highest BCUT2D eigenvalue weighted by molar-refractivity contribution is 14.0. The van der Waals surface area contributed by atoms with Crippen molar-refractivity contribution in [3.63, 3.8) is 0 Å². The Hall–Kier alpha value is -1.03. The van der Waals surface area contributed by atoms with Gasteiger partial charge >= 0.3 is 0 Å². The average Bonchev–Trinajstić information content (AvgIpc) is 2.80. The second-order valence-corrected chi connectivity index (χ2v) is 8.67. The molecule has 172 valence electrons. The average molecular weight is 558 g/mol. The van der Waals surface area contributed by atoms with Crippen LogP contribution in [0.2, 0.25) is 0 Å². The van der Waals surface area contributed by atoms with Crippen molar-refractivity contribution in [2.75, 3.05) is 52.8 Å². The van der Waals surface area contributed by atoms with E-state index < -0.39 is 0 Å². The SMILES string of the molecule is CN=C(NCCSCc1cccc2ccccc12)N1CCC(OCCCOC)CC1.I. The summed E-state index contributed by atoms with van der Waals surface area (Å²) < 4.78 is 11.0. The Morgan fingerprint density at radius 1 is 1.13 bits per heavy atom. The molecule has 1 heterocycles. The van der Waals surface area contributed by atoms with Crippen molar-refractivity contribution in [1.29, 1.82) is 0 Å². The Kier molecular flexibility index (Phi) is 12.6. The predicted molar refractivity (Wildman–Crippen MR) is 144 cm³/mol. The van der Waals surface area contributed by atoms with Crippen LogP contribution < -0.4 is 5.32 Å². The minimum Gasteiger partial charge on any atom is -0.385 e. The van der Waals surface area contributed by atoms with Gasteiger partial charge in [0.1, 0.15) is 0 Å². The Bertz CT molecular complexity index is 792. The molecule has 0 bridgehead atoms. The van der Waals surface area contributed by atoms with E-state index in [0.29, 0.717) is 6.10 Å². The number of hydrogen-bond acceptors (Lipinski definition) is 4. The molecule has 1 fully saturated rings. The lowest BCUT2D eigenvalue weighted by Gasteiger charge is -2.34. The maximum atomic E-state index is 5.96.